The molecule has 1 rings (SSSR count). The number of carbonyl (C=O) groups is 1. The molecule has 0 atom stereocenters. The van der Waals surface area contributed by atoms with Gasteiger partial charge >= 0.3 is 0 Å². The van der Waals surface area contributed by atoms with Crippen LogP contribution in [0.3, 0.4) is 0 Å². The van der Waals surface area contributed by atoms with Gasteiger partial charge in [-0.25, -0.2) is 0 Å². The van der Waals surface area contributed by atoms with Gasteiger partial charge in [0.2, 0.25) is 5.91 Å². The van der Waals surface area contributed by atoms with Gasteiger partial charge in [-0.2, -0.15) is 0 Å². The third-order valence-corrected chi connectivity index (χ3v) is 2.86. The number of benzene rings is 1. The van der Waals surface area contributed by atoms with E-state index in [0.29, 0.717) is 6.54 Å². The Hall–Kier alpha value is -1.35. The Morgan fingerprint density at radius 1 is 1.24 bits per heavy atom. The SMILES string of the molecule is CNC(=O)C(C)(C)CNCc1ccc(C)cc1. The molecule has 1 aromatic carbocycles. The summed E-state index contributed by atoms with van der Waals surface area (Å²) in [6.45, 7) is 7.41. The zero-order valence-electron chi connectivity index (χ0n) is 11.1. The topological polar surface area (TPSA) is 41.1 Å². The van der Waals surface area contributed by atoms with Gasteiger partial charge in [-0.05, 0) is 26.3 Å². The second-order valence-corrected chi connectivity index (χ2v) is 5.05. The van der Waals surface area contributed by atoms with Gasteiger partial charge in [-0.15, -0.1) is 0 Å². The van der Waals surface area contributed by atoms with Gasteiger partial charge in [0.05, 0.1) is 5.41 Å². The van der Waals surface area contributed by atoms with Crippen molar-refractivity contribution in [2.45, 2.75) is 27.3 Å². The van der Waals surface area contributed by atoms with Crippen LogP contribution in [-0.4, -0.2) is 19.5 Å². The van der Waals surface area contributed by atoms with E-state index in [1.54, 1.807) is 7.05 Å². The molecule has 1 aromatic rings. The number of hydrogen-bond donors (Lipinski definition) is 2. The van der Waals surface area contributed by atoms with Crippen molar-refractivity contribution in [3.8, 4) is 0 Å². The smallest absolute Gasteiger partial charge is 0.226 e. The van der Waals surface area contributed by atoms with Crippen LogP contribution in [0.1, 0.15) is 25.0 Å². The van der Waals surface area contributed by atoms with Gasteiger partial charge in [-0.3, -0.25) is 4.79 Å². The largest absolute Gasteiger partial charge is 0.359 e. The first-order valence-corrected chi connectivity index (χ1v) is 5.94. The second-order valence-electron chi connectivity index (χ2n) is 5.05. The van der Waals surface area contributed by atoms with Crippen molar-refractivity contribution in [1.82, 2.24) is 10.6 Å². The fourth-order valence-electron chi connectivity index (χ4n) is 1.64. The Morgan fingerprint density at radius 3 is 2.35 bits per heavy atom. The van der Waals surface area contributed by atoms with Gasteiger partial charge in [0.15, 0.2) is 0 Å². The third-order valence-electron chi connectivity index (χ3n) is 2.86. The number of nitrogens with one attached hydrogen (secondary N) is 2. The van der Waals surface area contributed by atoms with Crippen molar-refractivity contribution in [1.29, 1.82) is 0 Å². The van der Waals surface area contributed by atoms with E-state index < -0.39 is 0 Å². The van der Waals surface area contributed by atoms with E-state index in [-0.39, 0.29) is 11.3 Å². The van der Waals surface area contributed by atoms with Gasteiger partial charge in [0.1, 0.15) is 0 Å². The molecule has 2 N–H and O–H groups in total. The first kappa shape index (κ1) is 13.7. The summed E-state index contributed by atoms with van der Waals surface area (Å²) in [6.07, 6.45) is 0. The van der Waals surface area contributed by atoms with E-state index in [4.69, 9.17) is 0 Å². The number of carbonyl (C=O) groups excluding carboxylic acids is 1. The summed E-state index contributed by atoms with van der Waals surface area (Å²) in [7, 11) is 1.67. The minimum Gasteiger partial charge on any atom is -0.359 e. The molecular formula is C14H22N2O. The molecule has 0 unspecified atom stereocenters. The van der Waals surface area contributed by atoms with Crippen molar-refractivity contribution in [3.05, 3.63) is 35.4 Å². The van der Waals surface area contributed by atoms with Crippen molar-refractivity contribution in [2.75, 3.05) is 13.6 Å². The van der Waals surface area contributed by atoms with Crippen LogP contribution in [0.15, 0.2) is 24.3 Å². The van der Waals surface area contributed by atoms with E-state index in [2.05, 4.69) is 41.8 Å². The molecule has 3 nitrogen and oxygen atoms in total. The molecule has 0 saturated carbocycles. The molecule has 0 saturated heterocycles. The van der Waals surface area contributed by atoms with E-state index >= 15 is 0 Å². The lowest BCUT2D eigenvalue weighted by Crippen LogP contribution is -2.41. The predicted molar refractivity (Wildman–Crippen MR) is 70.7 cm³/mol. The molecule has 0 radical (unpaired) electrons. The van der Waals surface area contributed by atoms with Crippen LogP contribution in [0.5, 0.6) is 0 Å². The number of hydrogen-bond acceptors (Lipinski definition) is 2. The van der Waals surface area contributed by atoms with Crippen LogP contribution in [0, 0.1) is 12.3 Å². The highest BCUT2D eigenvalue weighted by atomic mass is 16.2. The molecule has 3 heteroatoms. The Balaban J connectivity index is 2.42. The van der Waals surface area contributed by atoms with Gasteiger partial charge in [0, 0.05) is 20.1 Å². The Labute approximate surface area is 104 Å². The molecule has 0 aliphatic carbocycles. The maximum absolute atomic E-state index is 11.6. The molecule has 0 aliphatic heterocycles. The summed E-state index contributed by atoms with van der Waals surface area (Å²) in [4.78, 5) is 11.6. The van der Waals surface area contributed by atoms with Crippen molar-refractivity contribution >= 4 is 5.91 Å². The van der Waals surface area contributed by atoms with Gasteiger partial charge in [-0.1, -0.05) is 29.8 Å². The number of rotatable bonds is 5. The molecule has 1 amide bonds. The quantitative estimate of drug-likeness (QED) is 0.816. The van der Waals surface area contributed by atoms with E-state index in [9.17, 15) is 4.79 Å². The van der Waals surface area contributed by atoms with Crippen LogP contribution in [-0.2, 0) is 11.3 Å². The molecule has 17 heavy (non-hydrogen) atoms. The lowest BCUT2D eigenvalue weighted by Gasteiger charge is -2.22. The maximum Gasteiger partial charge on any atom is 0.226 e. The van der Waals surface area contributed by atoms with Crippen LogP contribution in [0.4, 0.5) is 0 Å². The first-order chi connectivity index (χ1) is 7.95. The van der Waals surface area contributed by atoms with E-state index in [0.717, 1.165) is 6.54 Å². The maximum atomic E-state index is 11.6. The zero-order valence-corrected chi connectivity index (χ0v) is 11.1. The highest BCUT2D eigenvalue weighted by molar-refractivity contribution is 5.81. The highest BCUT2D eigenvalue weighted by Crippen LogP contribution is 2.13. The summed E-state index contributed by atoms with van der Waals surface area (Å²) in [5.41, 5.74) is 2.13. The summed E-state index contributed by atoms with van der Waals surface area (Å²) >= 11 is 0. The molecule has 0 aromatic heterocycles. The molecule has 0 aliphatic rings. The van der Waals surface area contributed by atoms with Crippen LogP contribution in [0.25, 0.3) is 0 Å². The molecule has 94 valence electrons. The third kappa shape index (κ3) is 4.19. The van der Waals surface area contributed by atoms with Crippen LogP contribution in [0.2, 0.25) is 0 Å². The lowest BCUT2D eigenvalue weighted by atomic mass is 9.92. The normalized spacial score (nSPS) is 11.3. The minimum atomic E-state index is -0.376. The van der Waals surface area contributed by atoms with E-state index in [1.165, 1.54) is 11.1 Å². The van der Waals surface area contributed by atoms with E-state index in [1.807, 2.05) is 13.8 Å². The molecule has 0 bridgehead atoms. The Morgan fingerprint density at radius 2 is 1.82 bits per heavy atom. The summed E-state index contributed by atoms with van der Waals surface area (Å²) in [5, 5.41) is 6.00. The Kier molecular flexibility index (Phi) is 4.70. The number of aryl methyl sites for hydroxylation is 1. The fourth-order valence-corrected chi connectivity index (χ4v) is 1.64. The Bertz CT molecular complexity index is 368. The van der Waals surface area contributed by atoms with Crippen LogP contribution >= 0.6 is 0 Å². The first-order valence-electron chi connectivity index (χ1n) is 5.94. The molecule has 0 fully saturated rings. The minimum absolute atomic E-state index is 0.0638. The zero-order chi connectivity index (χ0) is 12.9. The predicted octanol–water partition coefficient (Wildman–Crippen LogP) is 1.86. The fraction of sp³-hybridized carbons (Fsp3) is 0.500. The lowest BCUT2D eigenvalue weighted by molar-refractivity contribution is -0.128. The van der Waals surface area contributed by atoms with Gasteiger partial charge < -0.3 is 10.6 Å². The average molecular weight is 234 g/mol. The second kappa shape index (κ2) is 5.82. The number of amides is 1. The summed E-state index contributed by atoms with van der Waals surface area (Å²) < 4.78 is 0. The average Bonchev–Trinajstić information content (AvgIpc) is 2.30. The van der Waals surface area contributed by atoms with Crippen LogP contribution < -0.4 is 10.6 Å². The van der Waals surface area contributed by atoms with Crippen molar-refractivity contribution in [3.63, 3.8) is 0 Å². The standard InChI is InChI=1S/C14H22N2O/c1-11-5-7-12(8-6-11)9-16-10-14(2,3)13(17)15-4/h5-8,16H,9-10H2,1-4H3,(H,15,17). The van der Waals surface area contributed by atoms with Gasteiger partial charge in [0.25, 0.3) is 0 Å². The summed E-state index contributed by atoms with van der Waals surface area (Å²) in [5.74, 6) is 0.0638. The monoisotopic (exact) mass is 234 g/mol. The molecule has 0 spiro atoms. The molecular weight excluding hydrogens is 212 g/mol. The van der Waals surface area contributed by atoms with Crippen molar-refractivity contribution in [2.24, 2.45) is 5.41 Å². The van der Waals surface area contributed by atoms with Crippen molar-refractivity contribution < 1.29 is 4.79 Å². The highest BCUT2D eigenvalue weighted by Gasteiger charge is 2.25. The summed E-state index contributed by atoms with van der Waals surface area (Å²) in [6, 6.07) is 8.41. The molecule has 0 heterocycles.